The molecule has 0 spiro atoms. The summed E-state index contributed by atoms with van der Waals surface area (Å²) in [7, 11) is 2.30. The molecule has 2 atom stereocenters. The average molecular weight is 223 g/mol. The van der Waals surface area contributed by atoms with Crippen LogP contribution in [0.15, 0.2) is 0 Å². The summed E-state index contributed by atoms with van der Waals surface area (Å²) in [5, 5.41) is 0. The van der Waals surface area contributed by atoms with Gasteiger partial charge in [-0.25, -0.2) is 0 Å². The van der Waals surface area contributed by atoms with E-state index in [9.17, 15) is 0 Å². The van der Waals surface area contributed by atoms with E-state index in [2.05, 4.69) is 16.8 Å². The lowest BCUT2D eigenvalue weighted by molar-refractivity contribution is 0.157. The normalized spacial score (nSPS) is 33.6. The van der Waals surface area contributed by atoms with Crippen molar-refractivity contribution in [2.24, 2.45) is 11.7 Å². The van der Waals surface area contributed by atoms with Gasteiger partial charge in [-0.3, -0.25) is 9.80 Å². The van der Waals surface area contributed by atoms with E-state index >= 15 is 0 Å². The van der Waals surface area contributed by atoms with Crippen LogP contribution in [0.1, 0.15) is 32.1 Å². The number of likely N-dealkylation sites (tertiary alicyclic amines) is 1. The zero-order chi connectivity index (χ0) is 11.1. The molecule has 2 unspecified atom stereocenters. The van der Waals surface area contributed by atoms with Gasteiger partial charge in [0.25, 0.3) is 0 Å². The molecule has 3 aliphatic rings. The van der Waals surface area contributed by atoms with Crippen molar-refractivity contribution < 1.29 is 0 Å². The van der Waals surface area contributed by atoms with Crippen LogP contribution in [0.25, 0.3) is 0 Å². The predicted molar refractivity (Wildman–Crippen MR) is 66.3 cm³/mol. The maximum Gasteiger partial charge on any atom is 0.0247 e. The lowest BCUT2D eigenvalue weighted by Crippen LogP contribution is -2.46. The third-order valence-electron chi connectivity index (χ3n) is 4.76. The summed E-state index contributed by atoms with van der Waals surface area (Å²) in [6.07, 6.45) is 7.06. The molecule has 2 aliphatic carbocycles. The summed E-state index contributed by atoms with van der Waals surface area (Å²) in [4.78, 5) is 5.29. The van der Waals surface area contributed by atoms with Gasteiger partial charge in [0.05, 0.1) is 0 Å². The molecule has 92 valence electrons. The van der Waals surface area contributed by atoms with Crippen LogP contribution in [0.4, 0.5) is 0 Å². The molecule has 16 heavy (non-hydrogen) atoms. The van der Waals surface area contributed by atoms with Crippen molar-refractivity contribution in [3.05, 3.63) is 0 Å². The molecule has 1 aliphatic heterocycles. The summed E-state index contributed by atoms with van der Waals surface area (Å²) in [5.74, 6) is 0.907. The molecule has 0 aromatic carbocycles. The van der Waals surface area contributed by atoms with Crippen LogP contribution in [0, 0.1) is 5.92 Å². The Balaban J connectivity index is 1.55. The highest BCUT2D eigenvalue weighted by molar-refractivity contribution is 4.96. The molecule has 1 heterocycles. The summed E-state index contributed by atoms with van der Waals surface area (Å²) < 4.78 is 0. The Morgan fingerprint density at radius 2 is 2.00 bits per heavy atom. The Kier molecular flexibility index (Phi) is 2.94. The van der Waals surface area contributed by atoms with Crippen molar-refractivity contribution in [2.75, 3.05) is 26.7 Å². The first-order valence-corrected chi connectivity index (χ1v) is 6.95. The Morgan fingerprint density at radius 3 is 2.56 bits per heavy atom. The first kappa shape index (κ1) is 11.0. The fourth-order valence-corrected chi connectivity index (χ4v) is 3.31. The molecule has 1 saturated heterocycles. The van der Waals surface area contributed by atoms with E-state index in [1.54, 1.807) is 0 Å². The fraction of sp³-hybridized carbons (Fsp3) is 1.00. The van der Waals surface area contributed by atoms with Gasteiger partial charge in [0.15, 0.2) is 0 Å². The summed E-state index contributed by atoms with van der Waals surface area (Å²) in [6, 6.07) is 2.37. The Hall–Kier alpha value is -0.120. The zero-order valence-electron chi connectivity index (χ0n) is 10.4. The van der Waals surface area contributed by atoms with E-state index in [1.807, 2.05) is 0 Å². The molecule has 3 heteroatoms. The smallest absolute Gasteiger partial charge is 0.0247 e. The lowest BCUT2D eigenvalue weighted by Gasteiger charge is -2.32. The molecule has 2 N–H and O–H groups in total. The first-order valence-electron chi connectivity index (χ1n) is 6.95. The standard InChI is InChI=1S/C13H25N3/c1-15(13(8-14)10-2-3-10)12-6-7-16(9-12)11-4-5-11/h10-13H,2-9,14H2,1H3. The third-order valence-corrected chi connectivity index (χ3v) is 4.76. The number of likely N-dealkylation sites (N-methyl/N-ethyl adjacent to an activating group) is 1. The lowest BCUT2D eigenvalue weighted by atomic mass is 10.1. The minimum Gasteiger partial charge on any atom is -0.329 e. The second-order valence-electron chi connectivity index (χ2n) is 5.97. The highest BCUT2D eigenvalue weighted by Crippen LogP contribution is 2.37. The van der Waals surface area contributed by atoms with E-state index in [0.29, 0.717) is 6.04 Å². The van der Waals surface area contributed by atoms with Crippen molar-refractivity contribution in [2.45, 2.75) is 50.2 Å². The average Bonchev–Trinajstić information content (AvgIpc) is 3.20. The van der Waals surface area contributed by atoms with E-state index < -0.39 is 0 Å². The monoisotopic (exact) mass is 223 g/mol. The van der Waals surface area contributed by atoms with Crippen LogP contribution >= 0.6 is 0 Å². The van der Waals surface area contributed by atoms with Crippen LogP contribution in [0.5, 0.6) is 0 Å². The number of rotatable bonds is 5. The minimum absolute atomic E-state index is 0.657. The van der Waals surface area contributed by atoms with Crippen molar-refractivity contribution in [3.8, 4) is 0 Å². The van der Waals surface area contributed by atoms with Gasteiger partial charge >= 0.3 is 0 Å². The zero-order valence-corrected chi connectivity index (χ0v) is 10.4. The highest BCUT2D eigenvalue weighted by Gasteiger charge is 2.40. The van der Waals surface area contributed by atoms with Crippen molar-refractivity contribution in [3.63, 3.8) is 0 Å². The topological polar surface area (TPSA) is 32.5 Å². The minimum atomic E-state index is 0.657. The SMILES string of the molecule is CN(C1CCN(C2CC2)C1)C(CN)C1CC1. The summed E-state index contributed by atoms with van der Waals surface area (Å²) >= 11 is 0. The van der Waals surface area contributed by atoms with Crippen LogP contribution in [0.2, 0.25) is 0 Å². The fourth-order valence-electron chi connectivity index (χ4n) is 3.31. The van der Waals surface area contributed by atoms with Crippen LogP contribution < -0.4 is 5.73 Å². The molecular weight excluding hydrogens is 198 g/mol. The maximum atomic E-state index is 5.93. The van der Waals surface area contributed by atoms with E-state index in [-0.39, 0.29) is 0 Å². The number of hydrogen-bond donors (Lipinski definition) is 1. The molecule has 0 bridgehead atoms. The summed E-state index contributed by atoms with van der Waals surface area (Å²) in [6.45, 7) is 3.47. The molecule has 0 aromatic heterocycles. The Labute approximate surface area is 99.0 Å². The predicted octanol–water partition coefficient (Wildman–Crippen LogP) is 0.892. The Morgan fingerprint density at radius 1 is 1.25 bits per heavy atom. The number of nitrogens with zero attached hydrogens (tertiary/aromatic N) is 2. The summed E-state index contributed by atoms with van der Waals surface area (Å²) in [5.41, 5.74) is 5.93. The van der Waals surface area contributed by atoms with E-state index in [4.69, 9.17) is 5.73 Å². The van der Waals surface area contributed by atoms with Crippen molar-refractivity contribution in [1.29, 1.82) is 0 Å². The molecular formula is C13H25N3. The molecule has 3 nitrogen and oxygen atoms in total. The number of nitrogens with two attached hydrogens (primary N) is 1. The Bertz CT molecular complexity index is 248. The molecule has 0 amide bonds. The molecule has 0 aromatic rings. The number of hydrogen-bond acceptors (Lipinski definition) is 3. The molecule has 3 fully saturated rings. The van der Waals surface area contributed by atoms with Gasteiger partial charge in [-0.15, -0.1) is 0 Å². The van der Waals surface area contributed by atoms with Gasteiger partial charge in [0.1, 0.15) is 0 Å². The van der Waals surface area contributed by atoms with Gasteiger partial charge in [0, 0.05) is 37.8 Å². The van der Waals surface area contributed by atoms with Gasteiger partial charge < -0.3 is 5.73 Å². The van der Waals surface area contributed by atoms with Crippen molar-refractivity contribution >= 4 is 0 Å². The first-order chi connectivity index (χ1) is 7.79. The molecule has 2 saturated carbocycles. The maximum absolute atomic E-state index is 5.93. The van der Waals surface area contributed by atoms with Crippen LogP contribution in [-0.4, -0.2) is 54.6 Å². The van der Waals surface area contributed by atoms with Crippen LogP contribution in [-0.2, 0) is 0 Å². The molecule has 0 radical (unpaired) electrons. The van der Waals surface area contributed by atoms with Crippen molar-refractivity contribution in [1.82, 2.24) is 9.80 Å². The third kappa shape index (κ3) is 2.13. The van der Waals surface area contributed by atoms with Gasteiger partial charge in [-0.05, 0) is 45.1 Å². The second kappa shape index (κ2) is 4.28. The highest BCUT2D eigenvalue weighted by atomic mass is 15.3. The quantitative estimate of drug-likeness (QED) is 0.751. The van der Waals surface area contributed by atoms with Gasteiger partial charge in [-0.2, -0.15) is 0 Å². The second-order valence-corrected chi connectivity index (χ2v) is 5.97. The van der Waals surface area contributed by atoms with Gasteiger partial charge in [-0.1, -0.05) is 0 Å². The van der Waals surface area contributed by atoms with E-state index in [1.165, 1.54) is 45.2 Å². The van der Waals surface area contributed by atoms with E-state index in [0.717, 1.165) is 24.5 Å². The molecule has 3 rings (SSSR count). The van der Waals surface area contributed by atoms with Crippen LogP contribution in [0.3, 0.4) is 0 Å². The largest absolute Gasteiger partial charge is 0.329 e. The van der Waals surface area contributed by atoms with Gasteiger partial charge in [0.2, 0.25) is 0 Å².